The van der Waals surface area contributed by atoms with Crippen LogP contribution in [0.25, 0.3) is 0 Å². The molecule has 4 nitrogen and oxygen atoms in total. The van der Waals surface area contributed by atoms with Crippen molar-refractivity contribution in [2.45, 2.75) is 37.6 Å². The molecule has 0 bridgehead atoms. The van der Waals surface area contributed by atoms with Crippen LogP contribution in [0.2, 0.25) is 0 Å². The van der Waals surface area contributed by atoms with Crippen molar-refractivity contribution in [3.8, 4) is 5.75 Å². The molecule has 0 radical (unpaired) electrons. The zero-order chi connectivity index (χ0) is 14.6. The first-order valence-electron chi connectivity index (χ1n) is 6.92. The lowest BCUT2D eigenvalue weighted by Crippen LogP contribution is -2.52. The van der Waals surface area contributed by atoms with Crippen LogP contribution in [0.5, 0.6) is 5.75 Å². The Kier molecular flexibility index (Phi) is 5.05. The summed E-state index contributed by atoms with van der Waals surface area (Å²) in [7, 11) is 1.61. The third-order valence-electron chi connectivity index (χ3n) is 3.95. The monoisotopic (exact) mass is 340 g/mol. The molecule has 3 N–H and O–H groups in total. The lowest BCUT2D eigenvalue weighted by Gasteiger charge is -2.28. The molecule has 0 aromatic heterocycles. The van der Waals surface area contributed by atoms with E-state index in [0.29, 0.717) is 13.0 Å². The average molecular weight is 341 g/mol. The molecule has 1 saturated carbocycles. The zero-order valence-electron chi connectivity index (χ0n) is 11.7. The Morgan fingerprint density at radius 3 is 2.75 bits per heavy atom. The van der Waals surface area contributed by atoms with E-state index in [1.807, 2.05) is 18.2 Å². The third kappa shape index (κ3) is 3.52. The fourth-order valence-corrected chi connectivity index (χ4v) is 3.24. The molecule has 1 aromatic rings. The first-order valence-corrected chi connectivity index (χ1v) is 7.71. The number of ether oxygens (including phenoxy) is 1. The van der Waals surface area contributed by atoms with Crippen molar-refractivity contribution in [1.29, 1.82) is 0 Å². The van der Waals surface area contributed by atoms with Gasteiger partial charge in [-0.15, -0.1) is 0 Å². The van der Waals surface area contributed by atoms with Gasteiger partial charge in [-0.3, -0.25) is 4.79 Å². The molecular weight excluding hydrogens is 320 g/mol. The number of amides is 1. The smallest absolute Gasteiger partial charge is 0.225 e. The molecule has 1 fully saturated rings. The second-order valence-electron chi connectivity index (χ2n) is 5.37. The van der Waals surface area contributed by atoms with Gasteiger partial charge in [0.15, 0.2) is 0 Å². The molecule has 0 aliphatic heterocycles. The molecule has 1 amide bonds. The van der Waals surface area contributed by atoms with Crippen molar-refractivity contribution >= 4 is 21.8 Å². The van der Waals surface area contributed by atoms with Gasteiger partial charge in [-0.05, 0) is 31.0 Å². The number of carbonyl (C=O) groups is 1. The van der Waals surface area contributed by atoms with E-state index in [1.165, 1.54) is 0 Å². The second kappa shape index (κ2) is 6.59. The summed E-state index contributed by atoms with van der Waals surface area (Å²) in [6.45, 7) is 0.508. The van der Waals surface area contributed by atoms with E-state index in [4.69, 9.17) is 10.5 Å². The molecule has 0 atom stereocenters. The van der Waals surface area contributed by atoms with E-state index in [2.05, 4.69) is 21.2 Å². The number of hydrogen-bond donors (Lipinski definition) is 2. The Morgan fingerprint density at radius 1 is 1.45 bits per heavy atom. The predicted octanol–water partition coefficient (Wildman–Crippen LogP) is 2.39. The number of nitrogens with two attached hydrogens (primary N) is 1. The molecular formula is C15H21BrN2O2. The summed E-state index contributed by atoms with van der Waals surface area (Å²) < 4.78 is 6.24. The molecule has 110 valence electrons. The summed E-state index contributed by atoms with van der Waals surface area (Å²) >= 11 is 3.42. The molecule has 5 heteroatoms. The summed E-state index contributed by atoms with van der Waals surface area (Å²) in [6.07, 6.45) is 4.54. The number of benzene rings is 1. The van der Waals surface area contributed by atoms with Crippen molar-refractivity contribution in [2.75, 3.05) is 13.7 Å². The first-order chi connectivity index (χ1) is 9.58. The van der Waals surface area contributed by atoms with E-state index in [1.54, 1.807) is 7.11 Å². The lowest BCUT2D eigenvalue weighted by atomic mass is 9.97. The minimum absolute atomic E-state index is 0.00810. The summed E-state index contributed by atoms with van der Waals surface area (Å²) in [5, 5.41) is 3.13. The van der Waals surface area contributed by atoms with Crippen LogP contribution in [0.1, 0.15) is 31.2 Å². The van der Waals surface area contributed by atoms with Gasteiger partial charge in [-0.2, -0.15) is 0 Å². The Bertz CT molecular complexity index is 485. The van der Waals surface area contributed by atoms with Gasteiger partial charge in [-0.25, -0.2) is 0 Å². The van der Waals surface area contributed by atoms with Crippen LogP contribution >= 0.6 is 15.9 Å². The normalized spacial score (nSPS) is 16.9. The summed E-state index contributed by atoms with van der Waals surface area (Å²) in [6, 6.07) is 5.68. The molecule has 0 unspecified atom stereocenters. The Balaban J connectivity index is 2.06. The number of halogens is 1. The first kappa shape index (κ1) is 15.3. The van der Waals surface area contributed by atoms with Crippen LogP contribution in [0.3, 0.4) is 0 Å². The quantitative estimate of drug-likeness (QED) is 0.864. The molecule has 1 aliphatic rings. The highest BCUT2D eigenvalue weighted by Gasteiger charge is 2.33. The van der Waals surface area contributed by atoms with Crippen molar-refractivity contribution in [3.63, 3.8) is 0 Å². The van der Waals surface area contributed by atoms with Crippen molar-refractivity contribution < 1.29 is 9.53 Å². The van der Waals surface area contributed by atoms with E-state index in [9.17, 15) is 4.79 Å². The topological polar surface area (TPSA) is 64.3 Å². The van der Waals surface area contributed by atoms with E-state index in [0.717, 1.165) is 41.5 Å². The van der Waals surface area contributed by atoms with Crippen LogP contribution < -0.4 is 15.8 Å². The maximum Gasteiger partial charge on any atom is 0.225 e. The largest absolute Gasteiger partial charge is 0.496 e. The molecule has 0 heterocycles. The van der Waals surface area contributed by atoms with Crippen LogP contribution in [0.4, 0.5) is 0 Å². The number of rotatable bonds is 5. The van der Waals surface area contributed by atoms with Crippen LogP contribution in [-0.2, 0) is 11.2 Å². The van der Waals surface area contributed by atoms with Crippen LogP contribution in [0, 0.1) is 0 Å². The summed E-state index contributed by atoms with van der Waals surface area (Å²) in [5.74, 6) is 0.741. The minimum atomic E-state index is -0.198. The summed E-state index contributed by atoms with van der Waals surface area (Å²) in [5.41, 5.74) is 6.52. The number of nitrogens with one attached hydrogen (secondary N) is 1. The van der Waals surface area contributed by atoms with Crippen molar-refractivity contribution in [3.05, 3.63) is 28.2 Å². The molecule has 1 aliphatic carbocycles. The van der Waals surface area contributed by atoms with Gasteiger partial charge in [0.25, 0.3) is 0 Å². The highest BCUT2D eigenvalue weighted by atomic mass is 79.9. The molecule has 2 rings (SSSR count). The fraction of sp³-hybridized carbons (Fsp3) is 0.533. The highest BCUT2D eigenvalue weighted by Crippen LogP contribution is 2.29. The van der Waals surface area contributed by atoms with Gasteiger partial charge < -0.3 is 15.8 Å². The van der Waals surface area contributed by atoms with Crippen molar-refractivity contribution in [2.24, 2.45) is 5.73 Å². The molecule has 1 aromatic carbocycles. The van der Waals surface area contributed by atoms with Gasteiger partial charge in [0, 0.05) is 16.6 Å². The molecule has 0 spiro atoms. The number of methoxy groups -OCH3 is 1. The Hall–Kier alpha value is -1.07. The van der Waals surface area contributed by atoms with Gasteiger partial charge >= 0.3 is 0 Å². The number of carbonyl (C=O) groups excluding carboxylic acids is 1. The Labute approximate surface area is 128 Å². The molecule has 0 saturated heterocycles. The van der Waals surface area contributed by atoms with E-state index < -0.39 is 0 Å². The Morgan fingerprint density at radius 2 is 2.15 bits per heavy atom. The molecule has 20 heavy (non-hydrogen) atoms. The van der Waals surface area contributed by atoms with Gasteiger partial charge in [0.2, 0.25) is 5.91 Å². The fourth-order valence-electron chi connectivity index (χ4n) is 2.83. The number of hydrogen-bond acceptors (Lipinski definition) is 3. The van der Waals surface area contributed by atoms with Gasteiger partial charge in [0.05, 0.1) is 19.1 Å². The zero-order valence-corrected chi connectivity index (χ0v) is 13.3. The van der Waals surface area contributed by atoms with Gasteiger partial charge in [-0.1, -0.05) is 28.8 Å². The van der Waals surface area contributed by atoms with E-state index in [-0.39, 0.29) is 11.4 Å². The maximum atomic E-state index is 12.3. The SMILES string of the molecule is COc1ccc(Br)cc1CC(=O)NC1(CN)CCCC1. The van der Waals surface area contributed by atoms with Crippen molar-refractivity contribution in [1.82, 2.24) is 5.32 Å². The van der Waals surface area contributed by atoms with E-state index >= 15 is 0 Å². The average Bonchev–Trinajstić information content (AvgIpc) is 2.88. The van der Waals surface area contributed by atoms with Gasteiger partial charge in [0.1, 0.15) is 5.75 Å². The second-order valence-corrected chi connectivity index (χ2v) is 6.29. The predicted molar refractivity (Wildman–Crippen MR) is 82.8 cm³/mol. The third-order valence-corrected chi connectivity index (χ3v) is 4.44. The minimum Gasteiger partial charge on any atom is -0.496 e. The summed E-state index contributed by atoms with van der Waals surface area (Å²) in [4.78, 5) is 12.3. The highest BCUT2D eigenvalue weighted by molar-refractivity contribution is 9.10. The lowest BCUT2D eigenvalue weighted by molar-refractivity contribution is -0.122. The van der Waals surface area contributed by atoms with Crippen LogP contribution in [0.15, 0.2) is 22.7 Å². The van der Waals surface area contributed by atoms with Crippen LogP contribution in [-0.4, -0.2) is 25.1 Å². The maximum absolute atomic E-state index is 12.3. The standard InChI is InChI=1S/C15H21BrN2O2/c1-20-13-5-4-12(16)8-11(13)9-14(19)18-15(10-17)6-2-3-7-15/h4-5,8H,2-3,6-7,9-10,17H2,1H3,(H,18,19).